The van der Waals surface area contributed by atoms with Crippen molar-refractivity contribution in [2.45, 2.75) is 13.8 Å². The topological polar surface area (TPSA) is 511 Å². The molecule has 0 radical (unpaired) electrons. The molecular weight excluding hydrogens is 1940 g/mol. The molecule has 38 nitrogen and oxygen atoms in total. The molecule has 768 valence electrons. The molecule has 8 heterocycles. The summed E-state index contributed by atoms with van der Waals surface area (Å²) in [6, 6.07) is 53.0. The molecule has 0 aliphatic rings. The second-order valence-corrected chi connectivity index (χ2v) is 32.4. The Bertz CT molecular complexity index is 6460. The van der Waals surface area contributed by atoms with Crippen molar-refractivity contribution < 1.29 is 203 Å². The fraction of sp³-hybridized carbons (Fsp3) is 0.296. The molecule has 0 spiro atoms. The maximum atomic E-state index is 14.0. The van der Waals surface area contributed by atoms with E-state index in [0.29, 0.717) is 271 Å². The van der Waals surface area contributed by atoms with Crippen LogP contribution in [0.4, 0.5) is 22.7 Å². The minimum atomic E-state index is -1.46. The Morgan fingerprint density at radius 2 is 0.486 bits per heavy atom. The summed E-state index contributed by atoms with van der Waals surface area (Å²) in [4.78, 5) is 102. The van der Waals surface area contributed by atoms with Gasteiger partial charge in [-0.3, -0.25) is 19.2 Å². The van der Waals surface area contributed by atoms with Gasteiger partial charge in [0.15, 0.2) is 11.5 Å². The van der Waals surface area contributed by atoms with Crippen LogP contribution in [0.2, 0.25) is 0 Å². The van der Waals surface area contributed by atoms with E-state index in [0.717, 1.165) is 0 Å². The van der Waals surface area contributed by atoms with Crippen molar-refractivity contribution in [2.75, 3.05) is 222 Å². The van der Waals surface area contributed by atoms with E-state index >= 15 is 0 Å². The predicted octanol–water partition coefficient (Wildman–Crippen LogP) is 4.85. The first kappa shape index (κ1) is 115. The number of hydrogen-bond donors (Lipinski definition) is 6. The predicted molar refractivity (Wildman–Crippen MR) is 535 cm³/mol. The molecule has 0 saturated heterocycles. The van der Waals surface area contributed by atoms with E-state index in [1.165, 1.54) is 87.0 Å². The SMILES string of the molecule is COc1c(-c2ccc(OCCOCCOCCOCCOCCOCCOCCOc3c(C)c(C(=O)c4ccc(N)c(C(=O)[O-])c4)n4ccccc34)cc2)c(C(=O)c2ccc(N)c(C(=O)O)c2)n2ccccc12.COc1c(-c2ccc(OCCOCCOCCOCCOCCOCCOCCOc3c(C)c(C(=O)c4ccc(N)c(C(=O)[O-])c4)n4ccccc34)cc2)c(C(=O)c2ccc(N)c(C(=O)O)c2)n2ccccc12.[Na+].[Na+]. The third-order valence-electron chi connectivity index (χ3n) is 23.0. The van der Waals surface area contributed by atoms with Gasteiger partial charge in [0.2, 0.25) is 23.1 Å². The van der Waals surface area contributed by atoms with E-state index in [1.807, 2.05) is 72.8 Å². The summed E-state index contributed by atoms with van der Waals surface area (Å²) in [6.07, 6.45) is 7.00. The van der Waals surface area contributed by atoms with Crippen molar-refractivity contribution in [3.05, 3.63) is 297 Å². The maximum absolute atomic E-state index is 14.0. The molecule has 0 fully saturated rings. The number of anilines is 4. The van der Waals surface area contributed by atoms with E-state index in [1.54, 1.807) is 105 Å². The monoisotopic (exact) mass is 2050 g/mol. The van der Waals surface area contributed by atoms with Crippen molar-refractivity contribution >= 4 is 91.8 Å². The molecule has 0 bridgehead atoms. The van der Waals surface area contributed by atoms with Gasteiger partial charge in [-0.1, -0.05) is 48.5 Å². The van der Waals surface area contributed by atoms with Crippen LogP contribution in [0.5, 0.6) is 34.5 Å². The molecule has 6 aromatic carbocycles. The van der Waals surface area contributed by atoms with Crippen LogP contribution in [0.25, 0.3) is 44.3 Å². The first-order valence-electron chi connectivity index (χ1n) is 46.8. The number of methoxy groups -OCH3 is 2. The van der Waals surface area contributed by atoms with Crippen LogP contribution in [0, 0.1) is 13.8 Å². The standard InChI is InChI=1S/2C54H58N4O15.2Na/c2*1-35-47(49(59)37-11-15-42(55)40(33-37)53(61)62)57-17-5-3-7-44(57)51(35)73-32-30-71-28-26-69-24-22-67-20-19-66-21-23-68-25-27-70-29-31-72-39-13-9-36(10-14-39)46-48(58-18-6-4-8-45(58)52(46)65-2)50(60)38-12-16-43(56)41(34-38)54(63)64;;/h2*3-18,33-34H,19-32,55-56H2,1-2H3,(H,61,62)(H,63,64);;/q;;2*+1/p-2. The van der Waals surface area contributed by atoms with Gasteiger partial charge in [-0.15, -0.1) is 0 Å². The van der Waals surface area contributed by atoms with Gasteiger partial charge >= 0.3 is 71.1 Å². The fourth-order valence-electron chi connectivity index (χ4n) is 16.0. The number of hydrogen-bond acceptors (Lipinski definition) is 32. The Kier molecular flexibility index (Phi) is 45.2. The average molecular weight is 2050 g/mol. The molecule has 0 amide bonds. The number of carbonyl (C=O) groups is 8. The zero-order chi connectivity index (χ0) is 103. The molecule has 0 unspecified atom stereocenters. The summed E-state index contributed by atoms with van der Waals surface area (Å²) in [6.45, 7) is 13.7. The molecule has 14 aromatic rings. The number of aromatic nitrogens is 4. The summed E-state index contributed by atoms with van der Waals surface area (Å²) >= 11 is 0. The van der Waals surface area contributed by atoms with Crippen molar-refractivity contribution in [1.29, 1.82) is 0 Å². The first-order chi connectivity index (χ1) is 71.0. The molecule has 0 aliphatic heterocycles. The van der Waals surface area contributed by atoms with Crippen molar-refractivity contribution in [1.82, 2.24) is 17.6 Å². The van der Waals surface area contributed by atoms with Gasteiger partial charge in [0, 0.05) is 92.0 Å². The Morgan fingerprint density at radius 3 is 0.730 bits per heavy atom. The van der Waals surface area contributed by atoms with Crippen molar-refractivity contribution in [3.8, 4) is 56.8 Å². The number of fused-ring (bicyclic) bond motifs is 4. The van der Waals surface area contributed by atoms with E-state index < -0.39 is 35.4 Å². The number of carboxylic acid groups (broad SMARTS) is 4. The number of aromatic carboxylic acids is 4. The molecule has 0 aliphatic carbocycles. The molecule has 14 rings (SSSR count). The number of benzene rings is 6. The fourth-order valence-corrected chi connectivity index (χ4v) is 16.0. The van der Waals surface area contributed by atoms with Gasteiger partial charge < -0.3 is 156 Å². The van der Waals surface area contributed by atoms with Crippen LogP contribution in [-0.2, 0) is 56.8 Å². The number of ether oxygens (including phenoxy) is 18. The number of pyridine rings is 4. The third kappa shape index (κ3) is 29.9. The molecule has 40 heteroatoms. The molecule has 0 saturated carbocycles. The number of ketones is 4. The summed E-state index contributed by atoms with van der Waals surface area (Å²) in [5.74, 6) is -3.69. The zero-order valence-corrected chi connectivity index (χ0v) is 87.0. The maximum Gasteiger partial charge on any atom is 1.00 e. The van der Waals surface area contributed by atoms with Gasteiger partial charge in [0.05, 0.1) is 229 Å². The van der Waals surface area contributed by atoms with Crippen LogP contribution in [0.1, 0.15) is 117 Å². The van der Waals surface area contributed by atoms with E-state index in [9.17, 15) is 58.8 Å². The molecular formula is C108H114N8Na2O30. The van der Waals surface area contributed by atoms with Gasteiger partial charge in [-0.2, -0.15) is 0 Å². The molecule has 10 N–H and O–H groups in total. The molecule has 8 aromatic heterocycles. The van der Waals surface area contributed by atoms with E-state index in [2.05, 4.69) is 0 Å². The number of nitrogen functional groups attached to an aromatic ring is 4. The second-order valence-electron chi connectivity index (χ2n) is 32.4. The largest absolute Gasteiger partial charge is 1.00 e. The average Bonchev–Trinajstić information content (AvgIpc) is 1.59. The Morgan fingerprint density at radius 1 is 0.270 bits per heavy atom. The van der Waals surface area contributed by atoms with E-state index in [-0.39, 0.29) is 164 Å². The first-order valence-corrected chi connectivity index (χ1v) is 46.8. The minimum absolute atomic E-state index is 0. The van der Waals surface area contributed by atoms with Crippen molar-refractivity contribution in [3.63, 3.8) is 0 Å². The minimum Gasteiger partial charge on any atom is -0.545 e. The third-order valence-corrected chi connectivity index (χ3v) is 23.0. The summed E-state index contributed by atoms with van der Waals surface area (Å²) in [7, 11) is 3.07. The summed E-state index contributed by atoms with van der Waals surface area (Å²) in [5, 5.41) is 42.2. The quantitative estimate of drug-likeness (QED) is 0.0128. The van der Waals surface area contributed by atoms with Crippen LogP contribution in [0.3, 0.4) is 0 Å². The number of carbonyl (C=O) groups excluding carboxylic acids is 6. The van der Waals surface area contributed by atoms with Gasteiger partial charge in [0.1, 0.15) is 72.2 Å². The number of nitrogens with two attached hydrogens (primary N) is 4. The molecule has 148 heavy (non-hydrogen) atoms. The smallest absolute Gasteiger partial charge is 0.545 e. The van der Waals surface area contributed by atoms with Gasteiger partial charge in [-0.25, -0.2) is 9.59 Å². The normalized spacial score (nSPS) is 11.2. The number of rotatable bonds is 62. The number of carboxylic acids is 4. The zero-order valence-electron chi connectivity index (χ0n) is 83.0. The van der Waals surface area contributed by atoms with Crippen molar-refractivity contribution in [2.24, 2.45) is 0 Å². The summed E-state index contributed by atoms with van der Waals surface area (Å²) in [5.41, 5.74) is 31.0. The number of nitrogens with zero attached hydrogens (tertiary/aromatic N) is 4. The van der Waals surface area contributed by atoms with Crippen LogP contribution in [0.15, 0.2) is 219 Å². The Balaban J connectivity index is 0.000000277. The van der Waals surface area contributed by atoms with Gasteiger partial charge in [0.25, 0.3) is 0 Å². The van der Waals surface area contributed by atoms with Crippen LogP contribution < -0.4 is 121 Å². The van der Waals surface area contributed by atoms with E-state index in [4.69, 9.17) is 108 Å². The van der Waals surface area contributed by atoms with Crippen LogP contribution >= 0.6 is 0 Å². The molecule has 0 atom stereocenters. The Labute approximate surface area is 896 Å². The summed E-state index contributed by atoms with van der Waals surface area (Å²) < 4.78 is 110. The van der Waals surface area contributed by atoms with Gasteiger partial charge in [-0.05, 0) is 171 Å². The second kappa shape index (κ2) is 58.3. The van der Waals surface area contributed by atoms with Crippen LogP contribution in [-0.4, -0.2) is 274 Å². The Hall–Kier alpha value is -13.6.